The van der Waals surface area contributed by atoms with E-state index in [9.17, 15) is 8.42 Å². The van der Waals surface area contributed by atoms with E-state index >= 15 is 0 Å². The van der Waals surface area contributed by atoms with E-state index in [2.05, 4.69) is 19.2 Å². The van der Waals surface area contributed by atoms with Crippen molar-refractivity contribution in [2.75, 3.05) is 18.6 Å². The maximum absolute atomic E-state index is 10.9. The standard InChI is InChI=1S/C10H21NO2S/c1-10(2)6-4-5-9(10)11-7-8-14(3,12)13/h9,11H,4-8H2,1-3H3. The SMILES string of the molecule is CC1(C)CCCC1NCCS(C)(=O)=O. The maximum atomic E-state index is 10.9. The molecule has 1 fully saturated rings. The van der Waals surface area contributed by atoms with E-state index in [1.807, 2.05) is 0 Å². The van der Waals surface area contributed by atoms with Crippen LogP contribution in [-0.2, 0) is 9.84 Å². The van der Waals surface area contributed by atoms with Crippen molar-refractivity contribution < 1.29 is 8.42 Å². The van der Waals surface area contributed by atoms with Crippen LogP contribution in [0.1, 0.15) is 33.1 Å². The van der Waals surface area contributed by atoms with Gasteiger partial charge in [-0.25, -0.2) is 8.42 Å². The Bertz CT molecular complexity index is 282. The molecule has 1 rings (SSSR count). The highest BCUT2D eigenvalue weighted by Gasteiger charge is 2.33. The smallest absolute Gasteiger partial charge is 0.148 e. The van der Waals surface area contributed by atoms with Crippen LogP contribution < -0.4 is 5.32 Å². The number of sulfone groups is 1. The Kier molecular flexibility index (Phi) is 3.58. The van der Waals surface area contributed by atoms with Crippen LogP contribution in [0.5, 0.6) is 0 Å². The molecule has 4 heteroatoms. The molecule has 1 aliphatic carbocycles. The predicted molar refractivity (Wildman–Crippen MR) is 59.1 cm³/mol. The van der Waals surface area contributed by atoms with Gasteiger partial charge in [0.25, 0.3) is 0 Å². The maximum Gasteiger partial charge on any atom is 0.148 e. The van der Waals surface area contributed by atoms with Gasteiger partial charge < -0.3 is 5.32 Å². The second-order valence-corrected chi connectivity index (χ2v) is 7.28. The van der Waals surface area contributed by atoms with Crippen molar-refractivity contribution in [3.63, 3.8) is 0 Å². The zero-order valence-corrected chi connectivity index (χ0v) is 10.2. The molecule has 1 atom stereocenters. The number of rotatable bonds is 4. The summed E-state index contributed by atoms with van der Waals surface area (Å²) in [6, 6.07) is 0.490. The lowest BCUT2D eigenvalue weighted by molar-refractivity contribution is 0.288. The molecular weight excluding hydrogens is 198 g/mol. The van der Waals surface area contributed by atoms with Crippen molar-refractivity contribution in [1.29, 1.82) is 0 Å². The summed E-state index contributed by atoms with van der Waals surface area (Å²) in [7, 11) is -2.82. The van der Waals surface area contributed by atoms with Gasteiger partial charge in [-0.2, -0.15) is 0 Å². The molecule has 1 N–H and O–H groups in total. The molecule has 14 heavy (non-hydrogen) atoms. The summed E-state index contributed by atoms with van der Waals surface area (Å²) in [5, 5.41) is 3.35. The molecule has 0 spiro atoms. The minimum Gasteiger partial charge on any atom is -0.312 e. The van der Waals surface area contributed by atoms with E-state index < -0.39 is 9.84 Å². The summed E-state index contributed by atoms with van der Waals surface area (Å²) < 4.78 is 21.9. The Morgan fingerprint density at radius 3 is 2.50 bits per heavy atom. The van der Waals surface area contributed by atoms with E-state index in [1.165, 1.54) is 25.5 Å². The molecule has 1 saturated carbocycles. The van der Waals surface area contributed by atoms with Gasteiger partial charge in [-0.15, -0.1) is 0 Å². The van der Waals surface area contributed by atoms with Gasteiger partial charge in [0, 0.05) is 18.8 Å². The van der Waals surface area contributed by atoms with Crippen LogP contribution in [0.25, 0.3) is 0 Å². The second-order valence-electron chi connectivity index (χ2n) is 5.02. The van der Waals surface area contributed by atoms with Gasteiger partial charge in [-0.05, 0) is 18.3 Å². The first-order valence-corrected chi connectivity index (χ1v) is 7.28. The fourth-order valence-corrected chi connectivity index (χ4v) is 2.61. The van der Waals surface area contributed by atoms with Crippen molar-refractivity contribution in [3.05, 3.63) is 0 Å². The molecule has 0 saturated heterocycles. The van der Waals surface area contributed by atoms with E-state index in [-0.39, 0.29) is 5.75 Å². The second kappa shape index (κ2) is 4.19. The largest absolute Gasteiger partial charge is 0.312 e. The van der Waals surface area contributed by atoms with Crippen LogP contribution >= 0.6 is 0 Å². The van der Waals surface area contributed by atoms with Gasteiger partial charge in [0.15, 0.2) is 0 Å². The molecule has 0 amide bonds. The zero-order valence-electron chi connectivity index (χ0n) is 9.34. The summed E-state index contributed by atoms with van der Waals surface area (Å²) in [5.74, 6) is 0.250. The van der Waals surface area contributed by atoms with Gasteiger partial charge in [-0.1, -0.05) is 20.3 Å². The van der Waals surface area contributed by atoms with Crippen LogP contribution in [0, 0.1) is 5.41 Å². The number of hydrogen-bond acceptors (Lipinski definition) is 3. The van der Waals surface area contributed by atoms with Crippen LogP contribution in [0.3, 0.4) is 0 Å². The Morgan fingerprint density at radius 1 is 1.43 bits per heavy atom. The highest BCUT2D eigenvalue weighted by molar-refractivity contribution is 7.90. The van der Waals surface area contributed by atoms with Gasteiger partial charge in [0.1, 0.15) is 9.84 Å². The normalized spacial score (nSPS) is 26.6. The van der Waals surface area contributed by atoms with Gasteiger partial charge >= 0.3 is 0 Å². The van der Waals surface area contributed by atoms with Crippen molar-refractivity contribution in [1.82, 2.24) is 5.32 Å². The van der Waals surface area contributed by atoms with E-state index in [0.717, 1.165) is 0 Å². The molecule has 1 unspecified atom stereocenters. The Hall–Kier alpha value is -0.0900. The molecule has 1 aliphatic rings. The highest BCUT2D eigenvalue weighted by atomic mass is 32.2. The molecular formula is C10H21NO2S. The highest BCUT2D eigenvalue weighted by Crippen LogP contribution is 2.36. The third-order valence-corrected chi connectivity index (χ3v) is 4.07. The molecule has 0 bridgehead atoms. The van der Waals surface area contributed by atoms with Crippen LogP contribution in [-0.4, -0.2) is 33.0 Å². The summed E-state index contributed by atoms with van der Waals surface area (Å²) in [6.07, 6.45) is 4.96. The first kappa shape index (κ1) is 12.0. The summed E-state index contributed by atoms with van der Waals surface area (Å²) in [6.45, 7) is 5.09. The summed E-state index contributed by atoms with van der Waals surface area (Å²) in [5.41, 5.74) is 0.331. The van der Waals surface area contributed by atoms with Crippen molar-refractivity contribution in [2.24, 2.45) is 5.41 Å². The summed E-state index contributed by atoms with van der Waals surface area (Å²) in [4.78, 5) is 0. The molecule has 0 aliphatic heterocycles. The lowest BCUT2D eigenvalue weighted by atomic mass is 9.87. The Balaban J connectivity index is 2.32. The molecule has 0 aromatic rings. The molecule has 3 nitrogen and oxygen atoms in total. The minimum absolute atomic E-state index is 0.250. The minimum atomic E-state index is -2.82. The van der Waals surface area contributed by atoms with Gasteiger partial charge in [0.05, 0.1) is 5.75 Å². The third kappa shape index (κ3) is 3.58. The number of hydrogen-bond donors (Lipinski definition) is 1. The van der Waals surface area contributed by atoms with E-state index in [4.69, 9.17) is 0 Å². The van der Waals surface area contributed by atoms with Crippen molar-refractivity contribution >= 4 is 9.84 Å². The molecule has 0 aromatic heterocycles. The first-order chi connectivity index (χ1) is 6.31. The first-order valence-electron chi connectivity index (χ1n) is 5.22. The molecule has 0 aromatic carbocycles. The Labute approximate surface area is 87.2 Å². The van der Waals surface area contributed by atoms with Crippen molar-refractivity contribution in [2.45, 2.75) is 39.2 Å². The van der Waals surface area contributed by atoms with Gasteiger partial charge in [0.2, 0.25) is 0 Å². The Morgan fingerprint density at radius 2 is 2.07 bits per heavy atom. The fraction of sp³-hybridized carbons (Fsp3) is 1.00. The average molecular weight is 219 g/mol. The summed E-state index contributed by atoms with van der Waals surface area (Å²) >= 11 is 0. The van der Waals surface area contributed by atoms with Crippen LogP contribution in [0.2, 0.25) is 0 Å². The topological polar surface area (TPSA) is 46.2 Å². The lowest BCUT2D eigenvalue weighted by Crippen LogP contribution is -2.39. The monoisotopic (exact) mass is 219 g/mol. The molecule has 0 heterocycles. The predicted octanol–water partition coefficient (Wildman–Crippen LogP) is 1.20. The van der Waals surface area contributed by atoms with Crippen molar-refractivity contribution in [3.8, 4) is 0 Å². The quantitative estimate of drug-likeness (QED) is 0.773. The third-order valence-electron chi connectivity index (χ3n) is 3.12. The van der Waals surface area contributed by atoms with Gasteiger partial charge in [-0.3, -0.25) is 0 Å². The molecule has 84 valence electrons. The van der Waals surface area contributed by atoms with E-state index in [1.54, 1.807) is 0 Å². The zero-order chi connectivity index (χ0) is 10.8. The van der Waals surface area contributed by atoms with Crippen LogP contribution in [0.4, 0.5) is 0 Å². The molecule has 0 radical (unpaired) electrons. The van der Waals surface area contributed by atoms with Crippen LogP contribution in [0.15, 0.2) is 0 Å². The number of nitrogens with one attached hydrogen (secondary N) is 1. The lowest BCUT2D eigenvalue weighted by Gasteiger charge is -2.27. The fourth-order valence-electron chi connectivity index (χ4n) is 2.12. The van der Waals surface area contributed by atoms with E-state index in [0.29, 0.717) is 18.0 Å². The average Bonchev–Trinajstić information content (AvgIpc) is 2.28.